The van der Waals surface area contributed by atoms with Gasteiger partial charge in [0.2, 0.25) is 0 Å². The zero-order valence-corrected chi connectivity index (χ0v) is 19.1. The van der Waals surface area contributed by atoms with E-state index in [2.05, 4.69) is 20.3 Å². The summed E-state index contributed by atoms with van der Waals surface area (Å²) in [4.78, 5) is 21.8. The molecule has 0 unspecified atom stereocenters. The van der Waals surface area contributed by atoms with Crippen LogP contribution in [0.25, 0.3) is 33.3 Å². The molecule has 0 radical (unpaired) electrons. The Bertz CT molecular complexity index is 1570. The van der Waals surface area contributed by atoms with Crippen molar-refractivity contribution in [2.45, 2.75) is 24.9 Å². The fourth-order valence-electron chi connectivity index (χ4n) is 3.44. The third kappa shape index (κ3) is 4.63. The number of nitrogens with zero attached hydrogens (tertiary/aromatic N) is 2. The lowest BCUT2D eigenvalue weighted by molar-refractivity contribution is -0.137. The van der Waals surface area contributed by atoms with Crippen molar-refractivity contribution in [3.8, 4) is 11.4 Å². The van der Waals surface area contributed by atoms with Crippen LogP contribution in [0.1, 0.15) is 19.4 Å². The first-order valence-electron chi connectivity index (χ1n) is 10.3. The number of fused-ring (bicyclic) bond motifs is 2. The second-order valence-electron chi connectivity index (χ2n) is 7.42. The smallest absolute Gasteiger partial charge is 0.417 e. The summed E-state index contributed by atoms with van der Waals surface area (Å²) in [5, 5.41) is 2.86. The molecule has 1 amide bonds. The maximum atomic E-state index is 15.3. The number of amides is 1. The number of halogens is 4. The Labute approximate surface area is 196 Å². The summed E-state index contributed by atoms with van der Waals surface area (Å²) in [5.41, 5.74) is -2.03. The molecule has 35 heavy (non-hydrogen) atoms. The Morgan fingerprint density at radius 3 is 2.57 bits per heavy atom. The highest BCUT2D eigenvalue weighted by atomic mass is 32.2. The third-order valence-corrected chi connectivity index (χ3v) is 6.90. The Morgan fingerprint density at radius 1 is 1.17 bits per heavy atom. The Kier molecular flexibility index (Phi) is 6.13. The van der Waals surface area contributed by atoms with Gasteiger partial charge in [0.25, 0.3) is 0 Å². The van der Waals surface area contributed by atoms with Crippen molar-refractivity contribution in [2.24, 2.45) is 0 Å². The fraction of sp³-hybridized carbons (Fsp3) is 0.227. The van der Waals surface area contributed by atoms with Crippen LogP contribution in [0.5, 0.6) is 0 Å². The summed E-state index contributed by atoms with van der Waals surface area (Å²) in [6.45, 7) is 3.17. The van der Waals surface area contributed by atoms with Crippen molar-refractivity contribution in [1.29, 1.82) is 0 Å². The first-order valence-corrected chi connectivity index (χ1v) is 12.0. The third-order valence-electron chi connectivity index (χ3n) is 5.16. The lowest BCUT2D eigenvalue weighted by Crippen LogP contribution is -2.13. The molecule has 0 aliphatic heterocycles. The minimum atomic E-state index is -4.71. The normalized spacial score (nSPS) is 12.3. The van der Waals surface area contributed by atoms with E-state index in [0.29, 0.717) is 17.6 Å². The number of aromatic nitrogens is 3. The molecule has 184 valence electrons. The van der Waals surface area contributed by atoms with E-state index in [1.807, 2.05) is 0 Å². The molecule has 0 fully saturated rings. The van der Waals surface area contributed by atoms with E-state index >= 15 is 4.39 Å². The van der Waals surface area contributed by atoms with Gasteiger partial charge in [-0.25, -0.2) is 22.6 Å². The molecule has 0 bridgehead atoms. The maximum Gasteiger partial charge on any atom is 0.417 e. The molecule has 4 rings (SSSR count). The number of ether oxygens (including phenoxy) is 1. The number of rotatable bonds is 5. The molecule has 0 aliphatic rings. The van der Waals surface area contributed by atoms with Crippen molar-refractivity contribution in [2.75, 3.05) is 17.7 Å². The van der Waals surface area contributed by atoms with Gasteiger partial charge in [0.05, 0.1) is 33.9 Å². The highest BCUT2D eigenvalue weighted by molar-refractivity contribution is 7.91. The predicted octanol–water partition coefficient (Wildman–Crippen LogP) is 5.30. The van der Waals surface area contributed by atoms with Gasteiger partial charge in [0, 0.05) is 17.3 Å². The fourth-order valence-corrected chi connectivity index (χ4v) is 4.50. The van der Waals surface area contributed by atoms with Gasteiger partial charge in [-0.1, -0.05) is 13.0 Å². The summed E-state index contributed by atoms with van der Waals surface area (Å²) in [6.07, 6.45) is -4.93. The van der Waals surface area contributed by atoms with E-state index in [9.17, 15) is 26.4 Å². The van der Waals surface area contributed by atoms with Crippen molar-refractivity contribution in [3.63, 3.8) is 0 Å². The van der Waals surface area contributed by atoms with Gasteiger partial charge in [0.15, 0.2) is 15.7 Å². The monoisotopic (exact) mass is 510 g/mol. The van der Waals surface area contributed by atoms with Crippen LogP contribution in [-0.4, -0.2) is 41.8 Å². The summed E-state index contributed by atoms with van der Waals surface area (Å²) < 4.78 is 85.0. The summed E-state index contributed by atoms with van der Waals surface area (Å²) in [5.74, 6) is -1.37. The number of carbonyl (C=O) groups excluding carboxylic acids is 1. The summed E-state index contributed by atoms with van der Waals surface area (Å²) >= 11 is 0. The number of H-pyrrole nitrogens is 1. The highest BCUT2D eigenvalue weighted by Gasteiger charge is 2.32. The van der Waals surface area contributed by atoms with Gasteiger partial charge in [-0.15, -0.1) is 0 Å². The minimum absolute atomic E-state index is 0.143. The van der Waals surface area contributed by atoms with Crippen molar-refractivity contribution in [1.82, 2.24) is 15.0 Å². The van der Waals surface area contributed by atoms with Crippen LogP contribution in [-0.2, 0) is 20.8 Å². The average Bonchev–Trinajstić information content (AvgIpc) is 3.13. The average molecular weight is 510 g/mol. The minimum Gasteiger partial charge on any atom is -0.450 e. The predicted molar refractivity (Wildman–Crippen MR) is 120 cm³/mol. The quantitative estimate of drug-likeness (QED) is 0.352. The van der Waals surface area contributed by atoms with Crippen LogP contribution in [0.15, 0.2) is 41.4 Å². The Morgan fingerprint density at radius 2 is 1.91 bits per heavy atom. The number of anilines is 1. The summed E-state index contributed by atoms with van der Waals surface area (Å²) in [6, 6.07) is 6.43. The van der Waals surface area contributed by atoms with Crippen molar-refractivity contribution < 1.29 is 35.5 Å². The maximum absolute atomic E-state index is 15.3. The largest absolute Gasteiger partial charge is 0.450 e. The number of benzene rings is 1. The number of nitrogens with one attached hydrogen (secondary N) is 2. The molecule has 0 aliphatic carbocycles. The van der Waals surface area contributed by atoms with Crippen LogP contribution in [0.2, 0.25) is 0 Å². The number of sulfone groups is 1. The standard InChI is InChI=1S/C22H18F4N4O4S/c1-3-34-21(31)28-13-6-5-11-7-16(35(32,33)4-2)19(29-14(11)9-13)20-17(23)18-15(30-20)8-12(10-27-18)22(24,25)26/h5-10,30H,3-4H2,1-2H3,(H,28,31). The van der Waals surface area contributed by atoms with Gasteiger partial charge >= 0.3 is 12.3 Å². The second-order valence-corrected chi connectivity index (χ2v) is 9.67. The van der Waals surface area contributed by atoms with Gasteiger partial charge < -0.3 is 9.72 Å². The van der Waals surface area contributed by atoms with E-state index in [1.54, 1.807) is 6.92 Å². The molecule has 1 aromatic carbocycles. The number of pyridine rings is 2. The van der Waals surface area contributed by atoms with Crippen LogP contribution in [0, 0.1) is 5.82 Å². The number of carbonyl (C=O) groups is 1. The molecule has 3 heterocycles. The molecule has 0 saturated heterocycles. The van der Waals surface area contributed by atoms with Crippen LogP contribution >= 0.6 is 0 Å². The van der Waals surface area contributed by atoms with E-state index in [-0.39, 0.29) is 39.7 Å². The van der Waals surface area contributed by atoms with E-state index < -0.39 is 44.7 Å². The van der Waals surface area contributed by atoms with Gasteiger partial charge in [0.1, 0.15) is 16.9 Å². The van der Waals surface area contributed by atoms with Crippen LogP contribution < -0.4 is 5.32 Å². The van der Waals surface area contributed by atoms with E-state index in [4.69, 9.17) is 4.74 Å². The number of alkyl halides is 3. The molecule has 3 aromatic heterocycles. The van der Waals surface area contributed by atoms with Crippen LogP contribution in [0.3, 0.4) is 0 Å². The number of aromatic amines is 1. The molecule has 0 saturated carbocycles. The van der Waals surface area contributed by atoms with Crippen molar-refractivity contribution >= 4 is 43.6 Å². The molecule has 13 heteroatoms. The van der Waals surface area contributed by atoms with Gasteiger partial charge in [-0.2, -0.15) is 13.2 Å². The molecular formula is C22H18F4N4O4S. The lowest BCUT2D eigenvalue weighted by atomic mass is 10.1. The SMILES string of the molecule is CCOC(=O)Nc1ccc2cc(S(=O)(=O)CC)c(-c3[nH]c4cc(C(F)(F)F)cnc4c3F)nc2c1. The Hall–Kier alpha value is -3.74. The molecule has 4 aromatic rings. The highest BCUT2D eigenvalue weighted by Crippen LogP contribution is 2.36. The van der Waals surface area contributed by atoms with E-state index in [0.717, 1.165) is 0 Å². The van der Waals surface area contributed by atoms with Crippen LogP contribution in [0.4, 0.5) is 28.0 Å². The number of hydrogen-bond acceptors (Lipinski definition) is 6. The van der Waals surface area contributed by atoms with E-state index in [1.165, 1.54) is 31.2 Å². The topological polar surface area (TPSA) is 114 Å². The number of hydrogen-bond donors (Lipinski definition) is 2. The molecule has 0 atom stereocenters. The lowest BCUT2D eigenvalue weighted by Gasteiger charge is -2.11. The molecular weight excluding hydrogens is 492 g/mol. The first kappa shape index (κ1) is 24.4. The summed E-state index contributed by atoms with van der Waals surface area (Å²) in [7, 11) is -3.93. The Balaban J connectivity index is 1.94. The van der Waals surface area contributed by atoms with Crippen molar-refractivity contribution in [3.05, 3.63) is 47.9 Å². The van der Waals surface area contributed by atoms with Gasteiger partial charge in [-0.05, 0) is 31.2 Å². The zero-order valence-electron chi connectivity index (χ0n) is 18.3. The molecule has 0 spiro atoms. The molecule has 8 nitrogen and oxygen atoms in total. The molecule has 2 N–H and O–H groups in total. The second kappa shape index (κ2) is 8.80. The first-order chi connectivity index (χ1) is 16.4. The zero-order chi connectivity index (χ0) is 25.5. The van der Waals surface area contributed by atoms with Gasteiger partial charge in [-0.3, -0.25) is 10.3 Å².